The molecule has 1 aromatic carbocycles. The Kier molecular flexibility index (Phi) is 4.47. The largest absolute Gasteiger partial charge is 0.486 e. The molecule has 0 radical (unpaired) electrons. The first-order valence-corrected chi connectivity index (χ1v) is 7.40. The lowest BCUT2D eigenvalue weighted by atomic mass is 10.2. The van der Waals surface area contributed by atoms with E-state index in [1.807, 2.05) is 36.2 Å². The van der Waals surface area contributed by atoms with Crippen LogP contribution in [0.4, 0.5) is 5.82 Å². The van der Waals surface area contributed by atoms with Crippen molar-refractivity contribution in [1.82, 2.24) is 10.1 Å². The number of aromatic nitrogens is 1. The van der Waals surface area contributed by atoms with Gasteiger partial charge < -0.3 is 19.3 Å². The third kappa shape index (κ3) is 4.01. The van der Waals surface area contributed by atoms with Crippen molar-refractivity contribution in [1.29, 1.82) is 0 Å². The number of hydrogen-bond acceptors (Lipinski definition) is 6. The number of rotatable bonds is 5. The van der Waals surface area contributed by atoms with Gasteiger partial charge in [-0.25, -0.2) is 0 Å². The fourth-order valence-electron chi connectivity index (χ4n) is 2.42. The van der Waals surface area contributed by atoms with Gasteiger partial charge in [-0.1, -0.05) is 17.3 Å². The molecule has 0 saturated carbocycles. The number of para-hydroxylation sites is 2. The van der Waals surface area contributed by atoms with E-state index in [-0.39, 0.29) is 18.6 Å². The Balaban J connectivity index is 1.48. The topological polar surface area (TPSA) is 76.8 Å². The monoisotopic (exact) mass is 317 g/mol. The number of fused-ring (bicyclic) bond motifs is 1. The zero-order chi connectivity index (χ0) is 16.2. The van der Waals surface area contributed by atoms with Gasteiger partial charge >= 0.3 is 0 Å². The lowest BCUT2D eigenvalue weighted by Crippen LogP contribution is -2.42. The summed E-state index contributed by atoms with van der Waals surface area (Å²) >= 11 is 0. The normalized spacial score (nSPS) is 16.4. The third-order valence-electron chi connectivity index (χ3n) is 3.39. The number of aryl methyl sites for hydroxylation is 1. The Hall–Kier alpha value is -2.54. The molecule has 0 spiro atoms. The molecule has 1 atom stereocenters. The molecule has 23 heavy (non-hydrogen) atoms. The Bertz CT molecular complexity index is 685. The summed E-state index contributed by atoms with van der Waals surface area (Å²) in [4.78, 5) is 13.8. The zero-order valence-corrected chi connectivity index (χ0v) is 13.1. The molecule has 0 aliphatic carbocycles. The Labute approximate surface area is 134 Å². The van der Waals surface area contributed by atoms with Crippen LogP contribution in [0.5, 0.6) is 11.5 Å². The van der Waals surface area contributed by atoms with Gasteiger partial charge in [0.2, 0.25) is 5.91 Å². The van der Waals surface area contributed by atoms with Gasteiger partial charge in [-0.05, 0) is 26.1 Å². The van der Waals surface area contributed by atoms with Crippen LogP contribution in [0.25, 0.3) is 0 Å². The molecule has 1 aliphatic heterocycles. The van der Waals surface area contributed by atoms with Gasteiger partial charge in [0.15, 0.2) is 17.3 Å². The fourth-order valence-corrected chi connectivity index (χ4v) is 2.42. The number of nitrogens with one attached hydrogen (secondary N) is 1. The summed E-state index contributed by atoms with van der Waals surface area (Å²) in [6.45, 7) is 3.05. The predicted octanol–water partition coefficient (Wildman–Crippen LogP) is 1.69. The molecule has 122 valence electrons. The quantitative estimate of drug-likeness (QED) is 0.904. The van der Waals surface area contributed by atoms with E-state index in [2.05, 4.69) is 10.5 Å². The Morgan fingerprint density at radius 3 is 2.91 bits per heavy atom. The highest BCUT2D eigenvalue weighted by Crippen LogP contribution is 2.30. The fraction of sp³-hybridized carbons (Fsp3) is 0.375. The number of carbonyl (C=O) groups excluding carboxylic acids is 1. The minimum Gasteiger partial charge on any atom is -0.486 e. The number of ether oxygens (including phenoxy) is 2. The summed E-state index contributed by atoms with van der Waals surface area (Å²) in [7, 11) is 1.86. The van der Waals surface area contributed by atoms with E-state index >= 15 is 0 Å². The van der Waals surface area contributed by atoms with Gasteiger partial charge in [-0.15, -0.1) is 0 Å². The SMILES string of the molecule is Cc1cc(NC(=O)CN(C)C[C@@H]2COc3ccccc3O2)no1. The lowest BCUT2D eigenvalue weighted by molar-refractivity contribution is -0.117. The molecule has 0 bridgehead atoms. The minimum atomic E-state index is -0.155. The maximum absolute atomic E-state index is 12.0. The van der Waals surface area contributed by atoms with Crippen LogP contribution < -0.4 is 14.8 Å². The Morgan fingerprint density at radius 2 is 2.17 bits per heavy atom. The van der Waals surface area contributed by atoms with Crippen molar-refractivity contribution in [3.63, 3.8) is 0 Å². The van der Waals surface area contributed by atoms with E-state index in [1.54, 1.807) is 13.0 Å². The highest BCUT2D eigenvalue weighted by Gasteiger charge is 2.22. The standard InChI is InChI=1S/C16H19N3O4/c1-11-7-15(18-23-11)17-16(20)9-19(2)8-12-10-21-13-5-3-4-6-14(13)22-12/h3-7,12H,8-10H2,1-2H3,(H,17,18,20)/t12-/m1/s1. The molecule has 1 N–H and O–H groups in total. The maximum atomic E-state index is 12.0. The molecule has 1 aromatic heterocycles. The van der Waals surface area contributed by atoms with E-state index < -0.39 is 0 Å². The molecular weight excluding hydrogens is 298 g/mol. The molecule has 7 nitrogen and oxygen atoms in total. The molecule has 0 fully saturated rings. The van der Waals surface area contributed by atoms with Crippen molar-refractivity contribution in [2.24, 2.45) is 0 Å². The van der Waals surface area contributed by atoms with Crippen molar-refractivity contribution in [2.75, 3.05) is 32.1 Å². The molecule has 2 heterocycles. The molecule has 1 aliphatic rings. The predicted molar refractivity (Wildman–Crippen MR) is 83.7 cm³/mol. The van der Waals surface area contributed by atoms with Crippen molar-refractivity contribution < 1.29 is 18.8 Å². The second-order valence-corrected chi connectivity index (χ2v) is 5.57. The van der Waals surface area contributed by atoms with Crippen molar-refractivity contribution in [2.45, 2.75) is 13.0 Å². The first-order chi connectivity index (χ1) is 11.1. The van der Waals surface area contributed by atoms with E-state index in [9.17, 15) is 4.79 Å². The number of carbonyl (C=O) groups is 1. The summed E-state index contributed by atoms with van der Waals surface area (Å²) in [5.41, 5.74) is 0. The first kappa shape index (κ1) is 15.4. The second-order valence-electron chi connectivity index (χ2n) is 5.57. The summed E-state index contributed by atoms with van der Waals surface area (Å²) < 4.78 is 16.5. The van der Waals surface area contributed by atoms with Crippen LogP contribution in [-0.4, -0.2) is 48.8 Å². The highest BCUT2D eigenvalue weighted by atomic mass is 16.6. The van der Waals surface area contributed by atoms with E-state index in [4.69, 9.17) is 14.0 Å². The molecular formula is C16H19N3O4. The summed E-state index contributed by atoms with van der Waals surface area (Å²) in [6.07, 6.45) is -0.114. The van der Waals surface area contributed by atoms with E-state index in [0.717, 1.165) is 11.5 Å². The van der Waals surface area contributed by atoms with Crippen LogP contribution in [0.2, 0.25) is 0 Å². The van der Waals surface area contributed by atoms with E-state index in [1.165, 1.54) is 0 Å². The van der Waals surface area contributed by atoms with Crippen LogP contribution in [0, 0.1) is 6.92 Å². The Morgan fingerprint density at radius 1 is 1.39 bits per heavy atom. The molecule has 2 aromatic rings. The second kappa shape index (κ2) is 6.70. The van der Waals surface area contributed by atoms with Crippen LogP contribution in [0.3, 0.4) is 0 Å². The molecule has 0 saturated heterocycles. The summed E-state index contributed by atoms with van der Waals surface area (Å²) in [6, 6.07) is 9.24. The zero-order valence-electron chi connectivity index (χ0n) is 13.1. The number of amides is 1. The highest BCUT2D eigenvalue weighted by molar-refractivity contribution is 5.91. The lowest BCUT2D eigenvalue weighted by Gasteiger charge is -2.29. The molecule has 1 amide bonds. The number of hydrogen-bond donors (Lipinski definition) is 1. The van der Waals surface area contributed by atoms with Crippen molar-refractivity contribution in [3.05, 3.63) is 36.1 Å². The van der Waals surface area contributed by atoms with Crippen LogP contribution in [0.1, 0.15) is 5.76 Å². The van der Waals surface area contributed by atoms with Gasteiger partial charge in [-0.2, -0.15) is 0 Å². The van der Waals surface area contributed by atoms with Gasteiger partial charge in [-0.3, -0.25) is 9.69 Å². The van der Waals surface area contributed by atoms with Crippen molar-refractivity contribution in [3.8, 4) is 11.5 Å². The summed E-state index contributed by atoms with van der Waals surface area (Å²) in [5, 5.41) is 6.42. The smallest absolute Gasteiger partial charge is 0.239 e. The van der Waals surface area contributed by atoms with Crippen LogP contribution >= 0.6 is 0 Å². The van der Waals surface area contributed by atoms with Crippen LogP contribution in [0.15, 0.2) is 34.9 Å². The maximum Gasteiger partial charge on any atom is 0.239 e. The van der Waals surface area contributed by atoms with Gasteiger partial charge in [0.1, 0.15) is 18.5 Å². The number of likely N-dealkylation sites (N-methyl/N-ethyl adjacent to an activating group) is 1. The average molecular weight is 317 g/mol. The first-order valence-electron chi connectivity index (χ1n) is 7.40. The summed E-state index contributed by atoms with van der Waals surface area (Å²) in [5.74, 6) is 2.41. The molecule has 3 rings (SSSR count). The van der Waals surface area contributed by atoms with Gasteiger partial charge in [0.25, 0.3) is 0 Å². The van der Waals surface area contributed by atoms with Crippen LogP contribution in [-0.2, 0) is 4.79 Å². The average Bonchev–Trinajstić information content (AvgIpc) is 2.91. The number of anilines is 1. The van der Waals surface area contributed by atoms with Crippen molar-refractivity contribution >= 4 is 11.7 Å². The van der Waals surface area contributed by atoms with Gasteiger partial charge in [0, 0.05) is 12.6 Å². The minimum absolute atomic E-state index is 0.114. The molecule has 0 unspecified atom stereocenters. The number of nitrogens with zero attached hydrogens (tertiary/aromatic N) is 2. The van der Waals surface area contributed by atoms with E-state index in [0.29, 0.717) is 24.7 Å². The molecule has 7 heteroatoms. The third-order valence-corrected chi connectivity index (χ3v) is 3.39. The number of benzene rings is 1. The van der Waals surface area contributed by atoms with Gasteiger partial charge in [0.05, 0.1) is 6.54 Å².